The van der Waals surface area contributed by atoms with Gasteiger partial charge in [0.15, 0.2) is 0 Å². The number of ether oxygens (including phenoxy) is 4. The molecule has 0 aromatic heterocycles. The maximum atomic E-state index is 13.2. The molecule has 1 aromatic rings. The van der Waals surface area contributed by atoms with Crippen LogP contribution in [0.5, 0.6) is 0 Å². The van der Waals surface area contributed by atoms with Crippen LogP contribution in [0.4, 0.5) is 9.59 Å². The van der Waals surface area contributed by atoms with E-state index in [9.17, 15) is 24.3 Å². The summed E-state index contributed by atoms with van der Waals surface area (Å²) < 4.78 is 21.8. The van der Waals surface area contributed by atoms with E-state index >= 15 is 0 Å². The Kier molecular flexibility index (Phi) is 10.1. The van der Waals surface area contributed by atoms with Crippen LogP contribution in [0.15, 0.2) is 30.3 Å². The zero-order valence-electron chi connectivity index (χ0n) is 22.7. The van der Waals surface area contributed by atoms with Gasteiger partial charge in [0.1, 0.15) is 35.6 Å². The number of carbonyl (C=O) groups excluding carboxylic acids is 4. The summed E-state index contributed by atoms with van der Waals surface area (Å²) in [5.41, 5.74) is -1.53. The van der Waals surface area contributed by atoms with E-state index in [0.29, 0.717) is 23.3 Å². The minimum atomic E-state index is -1.33. The standard InChI is InChI=1S/C27H39NO9/c1-17-21(29)20(35-22(30)18-13-9-8-10-14-18)16-12-11-15-19(23(31)34-17)28(24(32)36-26(2,3)4)25(33)37-27(5,6)7/h8-10,13-14,17,19-21,29H,11-12,15-16H2,1-7H3/t17-,19-,20-,21-/m0/s1. The smallest absolute Gasteiger partial charge is 0.420 e. The van der Waals surface area contributed by atoms with Gasteiger partial charge < -0.3 is 24.1 Å². The second kappa shape index (κ2) is 12.4. The predicted octanol–water partition coefficient (Wildman–Crippen LogP) is 4.62. The SMILES string of the molecule is C[C@@H]1OC(=O)[C@@H](N(C(=O)OC(C)(C)C)C(=O)OC(C)(C)C)CCCC[C@H](OC(=O)c2ccccc2)[C@H]1O. The molecule has 1 aliphatic rings. The van der Waals surface area contributed by atoms with Crippen LogP contribution in [0.2, 0.25) is 0 Å². The Morgan fingerprint density at radius 2 is 1.43 bits per heavy atom. The molecule has 1 heterocycles. The number of hydrogen-bond donors (Lipinski definition) is 1. The number of aliphatic hydroxyl groups is 1. The van der Waals surface area contributed by atoms with Crippen molar-refractivity contribution in [3.05, 3.63) is 35.9 Å². The van der Waals surface area contributed by atoms with Crippen molar-refractivity contribution in [1.29, 1.82) is 0 Å². The lowest BCUT2D eigenvalue weighted by Gasteiger charge is -2.34. The van der Waals surface area contributed by atoms with Crippen molar-refractivity contribution < 1.29 is 43.2 Å². The maximum Gasteiger partial charge on any atom is 0.420 e. The van der Waals surface area contributed by atoms with Gasteiger partial charge in [-0.05, 0) is 79.9 Å². The first-order valence-electron chi connectivity index (χ1n) is 12.5. The van der Waals surface area contributed by atoms with Gasteiger partial charge in [0.25, 0.3) is 0 Å². The number of rotatable bonds is 3. The third-order valence-corrected chi connectivity index (χ3v) is 5.41. The summed E-state index contributed by atoms with van der Waals surface area (Å²) in [6, 6.07) is 7.04. The lowest BCUT2D eigenvalue weighted by molar-refractivity contribution is -0.165. The maximum absolute atomic E-state index is 13.2. The van der Waals surface area contributed by atoms with Crippen molar-refractivity contribution in [1.82, 2.24) is 4.90 Å². The van der Waals surface area contributed by atoms with Crippen LogP contribution in [0.3, 0.4) is 0 Å². The Morgan fingerprint density at radius 3 is 1.95 bits per heavy atom. The highest BCUT2D eigenvalue weighted by Crippen LogP contribution is 2.25. The largest absolute Gasteiger partial charge is 0.458 e. The number of nitrogens with zero attached hydrogens (tertiary/aromatic N) is 1. The number of benzene rings is 1. The molecule has 0 radical (unpaired) electrons. The molecule has 0 aliphatic carbocycles. The van der Waals surface area contributed by atoms with Gasteiger partial charge in [0.2, 0.25) is 0 Å². The Morgan fingerprint density at radius 1 is 0.919 bits per heavy atom. The van der Waals surface area contributed by atoms with Gasteiger partial charge in [-0.2, -0.15) is 4.90 Å². The fraction of sp³-hybridized carbons (Fsp3) is 0.630. The Balaban J connectivity index is 2.25. The highest BCUT2D eigenvalue weighted by molar-refractivity contribution is 5.94. The summed E-state index contributed by atoms with van der Waals surface area (Å²) in [4.78, 5) is 52.5. The lowest BCUT2D eigenvalue weighted by Crippen LogP contribution is -2.53. The van der Waals surface area contributed by atoms with Crippen molar-refractivity contribution in [3.63, 3.8) is 0 Å². The fourth-order valence-corrected chi connectivity index (χ4v) is 3.70. The minimum Gasteiger partial charge on any atom is -0.458 e. The average molecular weight is 522 g/mol. The number of hydrogen-bond acceptors (Lipinski definition) is 9. The van der Waals surface area contributed by atoms with Crippen LogP contribution in [0, 0.1) is 0 Å². The number of esters is 2. The van der Waals surface area contributed by atoms with Crippen LogP contribution in [0.1, 0.15) is 84.5 Å². The molecule has 0 unspecified atom stereocenters. The van der Waals surface area contributed by atoms with Gasteiger partial charge in [-0.15, -0.1) is 0 Å². The number of cyclic esters (lactones) is 1. The molecule has 1 aromatic carbocycles. The van der Waals surface area contributed by atoms with E-state index in [-0.39, 0.29) is 12.8 Å². The highest BCUT2D eigenvalue weighted by atomic mass is 16.6. The molecular weight excluding hydrogens is 482 g/mol. The fourth-order valence-electron chi connectivity index (χ4n) is 3.70. The molecular formula is C27H39NO9. The topological polar surface area (TPSA) is 129 Å². The molecule has 1 N–H and O–H groups in total. The van der Waals surface area contributed by atoms with Crippen LogP contribution >= 0.6 is 0 Å². The highest BCUT2D eigenvalue weighted by Gasteiger charge is 2.43. The summed E-state index contributed by atoms with van der Waals surface area (Å²) in [5.74, 6) is -1.50. The van der Waals surface area contributed by atoms with Gasteiger partial charge in [0.05, 0.1) is 5.56 Å². The molecule has 10 heteroatoms. The zero-order chi connectivity index (χ0) is 28.0. The van der Waals surface area contributed by atoms with Crippen LogP contribution < -0.4 is 0 Å². The van der Waals surface area contributed by atoms with E-state index in [1.54, 1.807) is 71.9 Å². The molecule has 0 saturated carbocycles. The van der Waals surface area contributed by atoms with E-state index in [2.05, 4.69) is 0 Å². The molecule has 10 nitrogen and oxygen atoms in total. The molecule has 0 spiro atoms. The molecule has 0 bridgehead atoms. The zero-order valence-corrected chi connectivity index (χ0v) is 22.7. The Hall–Kier alpha value is -3.14. The van der Waals surface area contributed by atoms with Gasteiger partial charge in [-0.25, -0.2) is 19.2 Å². The van der Waals surface area contributed by atoms with Crippen molar-refractivity contribution in [2.24, 2.45) is 0 Å². The van der Waals surface area contributed by atoms with Crippen molar-refractivity contribution in [2.45, 2.75) is 110 Å². The van der Waals surface area contributed by atoms with Crippen LogP contribution in [0.25, 0.3) is 0 Å². The molecule has 4 atom stereocenters. The summed E-state index contributed by atoms with van der Waals surface area (Å²) in [6.45, 7) is 11.3. The van der Waals surface area contributed by atoms with E-state index in [1.807, 2.05) is 0 Å². The first-order chi connectivity index (χ1) is 17.1. The van der Waals surface area contributed by atoms with E-state index in [0.717, 1.165) is 0 Å². The van der Waals surface area contributed by atoms with Crippen LogP contribution in [-0.4, -0.2) is 69.7 Å². The number of imide groups is 1. The van der Waals surface area contributed by atoms with Gasteiger partial charge in [-0.3, -0.25) is 0 Å². The summed E-state index contributed by atoms with van der Waals surface area (Å²) in [5, 5.41) is 10.9. The third kappa shape index (κ3) is 9.35. The van der Waals surface area contributed by atoms with E-state index in [1.165, 1.54) is 6.92 Å². The number of amides is 2. The molecule has 2 rings (SSSR count). The second-order valence-corrected chi connectivity index (χ2v) is 11.1. The molecule has 37 heavy (non-hydrogen) atoms. The summed E-state index contributed by atoms with van der Waals surface area (Å²) in [7, 11) is 0. The van der Waals surface area contributed by atoms with Crippen molar-refractivity contribution in [3.8, 4) is 0 Å². The van der Waals surface area contributed by atoms with Gasteiger partial charge >= 0.3 is 24.1 Å². The molecule has 206 valence electrons. The monoisotopic (exact) mass is 521 g/mol. The van der Waals surface area contributed by atoms with E-state index in [4.69, 9.17) is 18.9 Å². The van der Waals surface area contributed by atoms with Crippen LogP contribution in [-0.2, 0) is 23.7 Å². The number of aliphatic hydroxyl groups excluding tert-OH is 1. The number of carbonyl (C=O) groups is 4. The van der Waals surface area contributed by atoms with Gasteiger partial charge in [0, 0.05) is 0 Å². The Bertz CT molecular complexity index is 921. The van der Waals surface area contributed by atoms with Crippen molar-refractivity contribution in [2.75, 3.05) is 0 Å². The van der Waals surface area contributed by atoms with Gasteiger partial charge in [-0.1, -0.05) is 24.6 Å². The quantitative estimate of drug-likeness (QED) is 0.447. The van der Waals surface area contributed by atoms with Crippen molar-refractivity contribution >= 4 is 24.1 Å². The Labute approximate surface area is 218 Å². The lowest BCUT2D eigenvalue weighted by atomic mass is 9.98. The third-order valence-electron chi connectivity index (χ3n) is 5.41. The minimum absolute atomic E-state index is 0.0689. The molecule has 1 saturated heterocycles. The van der Waals surface area contributed by atoms with E-state index < -0.39 is 59.7 Å². The molecule has 1 aliphatic heterocycles. The molecule has 2 amide bonds. The normalized spacial score (nSPS) is 23.3. The second-order valence-electron chi connectivity index (χ2n) is 11.1. The average Bonchev–Trinajstić information content (AvgIpc) is 2.76. The first-order valence-corrected chi connectivity index (χ1v) is 12.5. The predicted molar refractivity (Wildman–Crippen MR) is 134 cm³/mol. The first kappa shape index (κ1) is 30.1. The summed E-state index contributed by atoms with van der Waals surface area (Å²) >= 11 is 0. The summed E-state index contributed by atoms with van der Waals surface area (Å²) in [6.07, 6.45) is -4.26. The molecule has 1 fully saturated rings.